The molecule has 0 unspecified atom stereocenters. The van der Waals surface area contributed by atoms with Crippen molar-refractivity contribution in [2.75, 3.05) is 20.6 Å². The van der Waals surface area contributed by atoms with Crippen LogP contribution in [0.25, 0.3) is 28.3 Å². The first kappa shape index (κ1) is 23.9. The van der Waals surface area contributed by atoms with Gasteiger partial charge in [-0.3, -0.25) is 9.78 Å². The number of rotatable bonds is 9. The summed E-state index contributed by atoms with van der Waals surface area (Å²) in [6.07, 6.45) is 4.16. The summed E-state index contributed by atoms with van der Waals surface area (Å²) in [6.45, 7) is 3.10. The Morgan fingerprint density at radius 2 is 1.65 bits per heavy atom. The van der Waals surface area contributed by atoms with Crippen molar-refractivity contribution in [1.82, 2.24) is 14.5 Å². The zero-order valence-corrected chi connectivity index (χ0v) is 20.7. The molecule has 0 aliphatic carbocycles. The zero-order valence-electron chi connectivity index (χ0n) is 20.0. The molecule has 5 heteroatoms. The number of hydrogen-bond donors (Lipinski definition) is 0. The van der Waals surface area contributed by atoms with Crippen molar-refractivity contribution in [3.63, 3.8) is 0 Å². The number of aromatic nitrogens is 2. The monoisotopic (exact) mass is 471 g/mol. The first-order valence-corrected chi connectivity index (χ1v) is 12.0. The maximum Gasteiger partial charge on any atom is 0.164 e. The smallest absolute Gasteiger partial charge is 0.164 e. The third kappa shape index (κ3) is 5.46. The minimum absolute atomic E-state index is 0.147. The standard InChI is InChI=1S/C29H30ClN3O/c1-21-8-4-5-9-26(21)33-27(22-11-14-24(30)15-12-22)17-18-28(33)25-16-13-23(20-31-25)29(34)10-6-7-19-32(2)3/h4-5,8-9,11-18,20H,6-7,10,19H2,1-3H3. The number of benzene rings is 2. The van der Waals surface area contributed by atoms with E-state index < -0.39 is 0 Å². The largest absolute Gasteiger partial charge is 0.309 e. The van der Waals surface area contributed by atoms with Crippen molar-refractivity contribution in [3.05, 3.63) is 95.1 Å². The van der Waals surface area contributed by atoms with Crippen LogP contribution in [0.5, 0.6) is 0 Å². The van der Waals surface area contributed by atoms with E-state index in [0.29, 0.717) is 17.0 Å². The average Bonchev–Trinajstić information content (AvgIpc) is 3.27. The summed E-state index contributed by atoms with van der Waals surface area (Å²) in [4.78, 5) is 19.5. The molecular weight excluding hydrogens is 442 g/mol. The molecule has 2 aromatic heterocycles. The second-order valence-electron chi connectivity index (χ2n) is 8.85. The molecular formula is C29H30ClN3O. The molecule has 0 saturated carbocycles. The highest BCUT2D eigenvalue weighted by molar-refractivity contribution is 6.30. The van der Waals surface area contributed by atoms with Crippen molar-refractivity contribution in [2.45, 2.75) is 26.2 Å². The van der Waals surface area contributed by atoms with Gasteiger partial charge in [0.2, 0.25) is 0 Å². The molecule has 2 heterocycles. The van der Waals surface area contributed by atoms with Gasteiger partial charge in [0.25, 0.3) is 0 Å². The Balaban J connectivity index is 1.66. The van der Waals surface area contributed by atoms with Gasteiger partial charge in [-0.25, -0.2) is 0 Å². The molecule has 0 fully saturated rings. The molecule has 0 aliphatic rings. The Hall–Kier alpha value is -3.21. The van der Waals surface area contributed by atoms with Gasteiger partial charge in [-0.2, -0.15) is 0 Å². The van der Waals surface area contributed by atoms with E-state index >= 15 is 0 Å². The normalized spacial score (nSPS) is 11.2. The van der Waals surface area contributed by atoms with Gasteiger partial charge in [0.15, 0.2) is 5.78 Å². The number of ketones is 1. The number of carbonyl (C=O) groups excluding carboxylic acids is 1. The molecule has 4 aromatic rings. The molecule has 34 heavy (non-hydrogen) atoms. The van der Waals surface area contributed by atoms with Crippen molar-refractivity contribution in [2.24, 2.45) is 0 Å². The SMILES string of the molecule is Cc1ccccc1-n1c(-c2ccc(Cl)cc2)ccc1-c1ccc(C(=O)CCCCN(C)C)cn1. The number of nitrogens with zero attached hydrogens (tertiary/aromatic N) is 3. The van der Waals surface area contributed by atoms with Crippen LogP contribution in [0, 0.1) is 6.92 Å². The number of Topliss-reactive ketones (excluding diaryl/α,β-unsaturated/α-hetero) is 1. The molecule has 4 nitrogen and oxygen atoms in total. The van der Waals surface area contributed by atoms with Crippen molar-refractivity contribution in [1.29, 1.82) is 0 Å². The maximum absolute atomic E-state index is 12.6. The Morgan fingerprint density at radius 3 is 2.32 bits per heavy atom. The van der Waals surface area contributed by atoms with Crippen LogP contribution in [-0.4, -0.2) is 40.9 Å². The van der Waals surface area contributed by atoms with E-state index in [0.717, 1.165) is 47.7 Å². The van der Waals surface area contributed by atoms with Gasteiger partial charge in [0.1, 0.15) is 0 Å². The molecule has 0 amide bonds. The van der Waals surface area contributed by atoms with Gasteiger partial charge in [-0.1, -0.05) is 41.9 Å². The third-order valence-electron chi connectivity index (χ3n) is 5.98. The highest BCUT2D eigenvalue weighted by Crippen LogP contribution is 2.33. The van der Waals surface area contributed by atoms with E-state index in [-0.39, 0.29) is 5.78 Å². The Bertz CT molecular complexity index is 1260. The number of aryl methyl sites for hydroxylation is 1. The minimum Gasteiger partial charge on any atom is -0.309 e. The Kier molecular flexibility index (Phi) is 7.61. The highest BCUT2D eigenvalue weighted by Gasteiger charge is 2.16. The molecule has 4 rings (SSSR count). The van der Waals surface area contributed by atoms with Crippen LogP contribution in [0.2, 0.25) is 5.02 Å². The summed E-state index contributed by atoms with van der Waals surface area (Å²) in [5.74, 6) is 0.147. The topological polar surface area (TPSA) is 38.1 Å². The molecule has 0 N–H and O–H groups in total. The van der Waals surface area contributed by atoms with E-state index in [4.69, 9.17) is 16.6 Å². The number of para-hydroxylation sites is 1. The minimum atomic E-state index is 0.147. The number of carbonyl (C=O) groups is 1. The van der Waals surface area contributed by atoms with Crippen LogP contribution in [0.15, 0.2) is 79.0 Å². The predicted octanol–water partition coefficient (Wildman–Crippen LogP) is 7.08. The molecule has 0 bridgehead atoms. The summed E-state index contributed by atoms with van der Waals surface area (Å²) < 4.78 is 2.23. The lowest BCUT2D eigenvalue weighted by Gasteiger charge is -2.16. The van der Waals surface area contributed by atoms with Crippen molar-refractivity contribution in [3.8, 4) is 28.3 Å². The average molecular weight is 472 g/mol. The Labute approximate surface area is 206 Å². The summed E-state index contributed by atoms with van der Waals surface area (Å²) in [6, 6.07) is 24.2. The van der Waals surface area contributed by atoms with Crippen LogP contribution in [-0.2, 0) is 0 Å². The number of halogens is 1. The summed E-state index contributed by atoms with van der Waals surface area (Å²) in [7, 11) is 4.10. The molecule has 0 spiro atoms. The molecule has 0 aliphatic heterocycles. The van der Waals surface area contributed by atoms with Crippen LogP contribution in [0.1, 0.15) is 35.2 Å². The van der Waals surface area contributed by atoms with Gasteiger partial charge in [0, 0.05) is 28.9 Å². The lowest BCUT2D eigenvalue weighted by molar-refractivity contribution is 0.0978. The number of hydrogen-bond acceptors (Lipinski definition) is 3. The maximum atomic E-state index is 12.6. The van der Waals surface area contributed by atoms with Crippen LogP contribution in [0.3, 0.4) is 0 Å². The fraction of sp³-hybridized carbons (Fsp3) is 0.241. The van der Waals surface area contributed by atoms with E-state index in [2.05, 4.69) is 54.8 Å². The second kappa shape index (κ2) is 10.8. The summed E-state index contributed by atoms with van der Waals surface area (Å²) >= 11 is 6.13. The first-order chi connectivity index (χ1) is 16.4. The fourth-order valence-electron chi connectivity index (χ4n) is 4.12. The molecule has 0 atom stereocenters. The number of unbranched alkanes of at least 4 members (excludes halogenated alkanes) is 1. The van der Waals surface area contributed by atoms with E-state index in [1.54, 1.807) is 6.20 Å². The summed E-state index contributed by atoms with van der Waals surface area (Å²) in [5.41, 5.74) is 6.86. The molecule has 174 valence electrons. The van der Waals surface area contributed by atoms with E-state index in [1.165, 1.54) is 5.56 Å². The van der Waals surface area contributed by atoms with Crippen LogP contribution in [0.4, 0.5) is 0 Å². The second-order valence-corrected chi connectivity index (χ2v) is 9.28. The highest BCUT2D eigenvalue weighted by atomic mass is 35.5. The van der Waals surface area contributed by atoms with E-state index in [9.17, 15) is 4.79 Å². The predicted molar refractivity (Wildman–Crippen MR) is 141 cm³/mol. The lowest BCUT2D eigenvalue weighted by Crippen LogP contribution is -2.13. The lowest BCUT2D eigenvalue weighted by atomic mass is 10.1. The molecule has 0 saturated heterocycles. The summed E-state index contributed by atoms with van der Waals surface area (Å²) in [5, 5.41) is 0.710. The van der Waals surface area contributed by atoms with Gasteiger partial charge in [-0.15, -0.1) is 0 Å². The van der Waals surface area contributed by atoms with Crippen molar-refractivity contribution >= 4 is 17.4 Å². The first-order valence-electron chi connectivity index (χ1n) is 11.6. The molecule has 2 aromatic carbocycles. The van der Waals surface area contributed by atoms with Gasteiger partial charge in [0.05, 0.1) is 17.1 Å². The van der Waals surface area contributed by atoms with Gasteiger partial charge >= 0.3 is 0 Å². The van der Waals surface area contributed by atoms with Gasteiger partial charge < -0.3 is 9.47 Å². The Morgan fingerprint density at radius 1 is 0.912 bits per heavy atom. The third-order valence-corrected chi connectivity index (χ3v) is 6.24. The van der Waals surface area contributed by atoms with Gasteiger partial charge in [-0.05, 0) is 94.0 Å². The van der Waals surface area contributed by atoms with Crippen molar-refractivity contribution < 1.29 is 4.79 Å². The number of pyridine rings is 1. The van der Waals surface area contributed by atoms with Crippen LogP contribution < -0.4 is 0 Å². The quantitative estimate of drug-likeness (QED) is 0.193. The zero-order chi connectivity index (χ0) is 24.1. The van der Waals surface area contributed by atoms with Crippen LogP contribution >= 0.6 is 11.6 Å². The van der Waals surface area contributed by atoms with E-state index in [1.807, 2.05) is 48.5 Å². The fourth-order valence-corrected chi connectivity index (χ4v) is 4.25. The molecule has 0 radical (unpaired) electrons.